The molecule has 0 radical (unpaired) electrons. The fraction of sp³-hybridized carbons (Fsp3) is 0.238. The number of nitrogens with zero attached hydrogens (tertiary/aromatic N) is 5. The van der Waals surface area contributed by atoms with Crippen molar-refractivity contribution in [2.75, 3.05) is 0 Å². The summed E-state index contributed by atoms with van der Waals surface area (Å²) in [6.07, 6.45) is 5.61. The number of fused-ring (bicyclic) bond motifs is 1. The molecule has 1 amide bonds. The monoisotopic (exact) mass is 374 g/mol. The Morgan fingerprint density at radius 1 is 1.21 bits per heavy atom. The van der Waals surface area contributed by atoms with Crippen LogP contribution in [0.3, 0.4) is 0 Å². The van der Waals surface area contributed by atoms with Gasteiger partial charge in [-0.2, -0.15) is 10.2 Å². The smallest absolute Gasteiger partial charge is 0.252 e. The molecule has 3 aromatic heterocycles. The largest absolute Gasteiger partial charge is 0.348 e. The molecular weight excluding hydrogens is 352 g/mol. The minimum Gasteiger partial charge on any atom is -0.348 e. The van der Waals surface area contributed by atoms with Gasteiger partial charge in [0, 0.05) is 49.0 Å². The quantitative estimate of drug-likeness (QED) is 0.582. The van der Waals surface area contributed by atoms with Crippen LogP contribution in [0, 0.1) is 6.92 Å². The van der Waals surface area contributed by atoms with E-state index in [1.807, 2.05) is 68.3 Å². The van der Waals surface area contributed by atoms with Gasteiger partial charge in [0.25, 0.3) is 5.91 Å². The first-order valence-corrected chi connectivity index (χ1v) is 9.25. The maximum atomic E-state index is 13.0. The van der Waals surface area contributed by atoms with Crippen molar-refractivity contribution >= 4 is 16.8 Å². The lowest BCUT2D eigenvalue weighted by atomic mass is 10.0. The number of carbonyl (C=O) groups is 1. The van der Waals surface area contributed by atoms with Crippen molar-refractivity contribution in [2.24, 2.45) is 7.05 Å². The SMILES string of the molecule is CCn1cc(-c2cc(C(=O)NCc3cnn(C)c3)c3ccccc3n2)c(C)n1. The van der Waals surface area contributed by atoms with Gasteiger partial charge < -0.3 is 5.32 Å². The summed E-state index contributed by atoms with van der Waals surface area (Å²) in [6, 6.07) is 9.55. The summed E-state index contributed by atoms with van der Waals surface area (Å²) in [7, 11) is 1.85. The molecule has 0 fully saturated rings. The van der Waals surface area contributed by atoms with Crippen molar-refractivity contribution < 1.29 is 4.79 Å². The van der Waals surface area contributed by atoms with E-state index < -0.39 is 0 Å². The van der Waals surface area contributed by atoms with E-state index in [0.29, 0.717) is 12.1 Å². The zero-order valence-corrected chi connectivity index (χ0v) is 16.2. The maximum Gasteiger partial charge on any atom is 0.252 e. The van der Waals surface area contributed by atoms with E-state index in [1.165, 1.54) is 0 Å². The molecule has 0 aliphatic rings. The molecule has 0 unspecified atom stereocenters. The average Bonchev–Trinajstić information content (AvgIpc) is 3.30. The van der Waals surface area contributed by atoms with E-state index in [1.54, 1.807) is 10.9 Å². The second-order valence-electron chi connectivity index (χ2n) is 6.76. The lowest BCUT2D eigenvalue weighted by molar-refractivity contribution is 0.0952. The van der Waals surface area contributed by atoms with Gasteiger partial charge in [-0.3, -0.25) is 14.2 Å². The van der Waals surface area contributed by atoms with Gasteiger partial charge in [-0.15, -0.1) is 0 Å². The van der Waals surface area contributed by atoms with Gasteiger partial charge in [0.1, 0.15) is 0 Å². The number of carbonyl (C=O) groups excluding carboxylic acids is 1. The molecule has 0 aliphatic carbocycles. The summed E-state index contributed by atoms with van der Waals surface area (Å²) in [6.45, 7) is 5.21. The van der Waals surface area contributed by atoms with Crippen LogP contribution < -0.4 is 5.32 Å². The Balaban J connectivity index is 1.73. The van der Waals surface area contributed by atoms with Crippen molar-refractivity contribution in [3.8, 4) is 11.3 Å². The normalized spacial score (nSPS) is 11.1. The van der Waals surface area contributed by atoms with Gasteiger partial charge in [-0.1, -0.05) is 18.2 Å². The van der Waals surface area contributed by atoms with Gasteiger partial charge in [0.05, 0.1) is 28.7 Å². The molecule has 7 nitrogen and oxygen atoms in total. The highest BCUT2D eigenvalue weighted by Gasteiger charge is 2.16. The van der Waals surface area contributed by atoms with Crippen LogP contribution in [0.25, 0.3) is 22.2 Å². The Kier molecular flexibility index (Phi) is 4.65. The summed E-state index contributed by atoms with van der Waals surface area (Å²) in [5, 5.41) is 12.5. The van der Waals surface area contributed by atoms with Crippen molar-refractivity contribution in [1.82, 2.24) is 29.9 Å². The number of benzene rings is 1. The Labute approximate surface area is 163 Å². The molecular formula is C21H22N6O. The molecule has 0 bridgehead atoms. The molecule has 28 heavy (non-hydrogen) atoms. The second-order valence-corrected chi connectivity index (χ2v) is 6.76. The third-order valence-corrected chi connectivity index (χ3v) is 4.72. The van der Waals surface area contributed by atoms with Crippen molar-refractivity contribution in [2.45, 2.75) is 26.9 Å². The summed E-state index contributed by atoms with van der Waals surface area (Å²) in [4.78, 5) is 17.8. The number of hydrogen-bond donors (Lipinski definition) is 1. The highest BCUT2D eigenvalue weighted by atomic mass is 16.1. The molecule has 0 saturated carbocycles. The standard InChI is InChI=1S/C21H22N6O/c1-4-27-13-18(14(2)25-27)20-9-17(16-7-5-6-8-19(16)24-20)21(28)22-10-15-11-23-26(3)12-15/h5-9,11-13H,4,10H2,1-3H3,(H,22,28). The van der Waals surface area contributed by atoms with Crippen molar-refractivity contribution in [1.29, 1.82) is 0 Å². The Morgan fingerprint density at radius 3 is 2.75 bits per heavy atom. The summed E-state index contributed by atoms with van der Waals surface area (Å²) in [5.74, 6) is -0.135. The van der Waals surface area contributed by atoms with Crippen molar-refractivity contribution in [3.05, 3.63) is 65.7 Å². The van der Waals surface area contributed by atoms with Crippen LogP contribution in [-0.2, 0) is 20.1 Å². The third-order valence-electron chi connectivity index (χ3n) is 4.72. The van der Waals surface area contributed by atoms with Gasteiger partial charge in [0.2, 0.25) is 0 Å². The number of aryl methyl sites for hydroxylation is 3. The predicted molar refractivity (Wildman–Crippen MR) is 108 cm³/mol. The highest BCUT2D eigenvalue weighted by Crippen LogP contribution is 2.26. The van der Waals surface area contributed by atoms with E-state index in [0.717, 1.165) is 40.0 Å². The highest BCUT2D eigenvalue weighted by molar-refractivity contribution is 6.07. The fourth-order valence-electron chi connectivity index (χ4n) is 3.27. The predicted octanol–water partition coefficient (Wildman–Crippen LogP) is 3.09. The molecule has 0 atom stereocenters. The topological polar surface area (TPSA) is 77.6 Å². The van der Waals surface area contributed by atoms with Gasteiger partial charge in [-0.05, 0) is 26.0 Å². The lowest BCUT2D eigenvalue weighted by Gasteiger charge is -2.10. The minimum absolute atomic E-state index is 0.135. The zero-order chi connectivity index (χ0) is 19.7. The second kappa shape index (κ2) is 7.26. The minimum atomic E-state index is -0.135. The number of aromatic nitrogens is 5. The number of nitrogens with one attached hydrogen (secondary N) is 1. The van der Waals surface area contributed by atoms with Crippen molar-refractivity contribution in [3.63, 3.8) is 0 Å². The van der Waals surface area contributed by atoms with Crippen LogP contribution in [0.2, 0.25) is 0 Å². The van der Waals surface area contributed by atoms with E-state index in [4.69, 9.17) is 4.98 Å². The first-order valence-electron chi connectivity index (χ1n) is 9.25. The maximum absolute atomic E-state index is 13.0. The first-order chi connectivity index (χ1) is 13.5. The molecule has 4 rings (SSSR count). The molecule has 142 valence electrons. The van der Waals surface area contributed by atoms with Crippen LogP contribution in [0.1, 0.15) is 28.5 Å². The van der Waals surface area contributed by atoms with Gasteiger partial charge >= 0.3 is 0 Å². The molecule has 3 heterocycles. The zero-order valence-electron chi connectivity index (χ0n) is 16.2. The molecule has 0 saturated heterocycles. The summed E-state index contributed by atoms with van der Waals surface area (Å²) >= 11 is 0. The van der Waals surface area contributed by atoms with Crippen LogP contribution >= 0.6 is 0 Å². The Bertz CT molecular complexity index is 1160. The van der Waals surface area contributed by atoms with E-state index in [-0.39, 0.29) is 5.91 Å². The van der Waals surface area contributed by atoms with Crippen LogP contribution in [-0.4, -0.2) is 30.5 Å². The average molecular weight is 374 g/mol. The fourth-order valence-corrected chi connectivity index (χ4v) is 3.27. The van der Waals surface area contributed by atoms with Gasteiger partial charge in [0.15, 0.2) is 0 Å². The van der Waals surface area contributed by atoms with E-state index >= 15 is 0 Å². The van der Waals surface area contributed by atoms with Crippen LogP contribution in [0.4, 0.5) is 0 Å². The molecule has 1 aromatic carbocycles. The van der Waals surface area contributed by atoms with E-state index in [2.05, 4.69) is 15.5 Å². The number of pyridine rings is 1. The van der Waals surface area contributed by atoms with Crippen LogP contribution in [0.5, 0.6) is 0 Å². The molecule has 4 aromatic rings. The molecule has 0 aliphatic heterocycles. The van der Waals surface area contributed by atoms with E-state index in [9.17, 15) is 4.79 Å². The Hall–Kier alpha value is -3.48. The summed E-state index contributed by atoms with van der Waals surface area (Å²) < 4.78 is 3.60. The molecule has 0 spiro atoms. The first kappa shape index (κ1) is 17.9. The number of hydrogen-bond acceptors (Lipinski definition) is 4. The van der Waals surface area contributed by atoms with Crippen LogP contribution in [0.15, 0.2) is 48.9 Å². The number of para-hydroxylation sites is 1. The molecule has 7 heteroatoms. The lowest BCUT2D eigenvalue weighted by Crippen LogP contribution is -2.23. The van der Waals surface area contributed by atoms with Gasteiger partial charge in [-0.25, -0.2) is 4.98 Å². The third kappa shape index (κ3) is 3.38. The number of rotatable bonds is 5. The number of amides is 1. The molecule has 1 N–H and O–H groups in total. The summed E-state index contributed by atoms with van der Waals surface area (Å²) in [5.41, 5.74) is 4.93. The Morgan fingerprint density at radius 2 is 2.04 bits per heavy atom.